The summed E-state index contributed by atoms with van der Waals surface area (Å²) in [6.07, 6.45) is 1.91. The number of anilines is 3. The van der Waals surface area contributed by atoms with E-state index in [0.717, 1.165) is 72.3 Å². The summed E-state index contributed by atoms with van der Waals surface area (Å²) in [6, 6.07) is 4.10. The lowest BCUT2D eigenvalue weighted by Crippen LogP contribution is -2.43. The topological polar surface area (TPSA) is 104 Å². The minimum atomic E-state index is -0.782. The van der Waals surface area contributed by atoms with Crippen LogP contribution in [0.1, 0.15) is 68.4 Å². The van der Waals surface area contributed by atoms with Crippen molar-refractivity contribution in [3.8, 4) is 11.3 Å². The highest BCUT2D eigenvalue weighted by molar-refractivity contribution is 5.77. The summed E-state index contributed by atoms with van der Waals surface area (Å²) in [7, 11) is 2.00. The third kappa shape index (κ3) is 4.03. The fourth-order valence-corrected chi connectivity index (χ4v) is 5.09. The highest BCUT2D eigenvalue weighted by Gasteiger charge is 2.33. The first kappa shape index (κ1) is 22.7. The van der Waals surface area contributed by atoms with E-state index in [4.69, 9.17) is 15.1 Å². The molecule has 1 fully saturated rings. The lowest BCUT2D eigenvalue weighted by Gasteiger charge is -2.29. The summed E-state index contributed by atoms with van der Waals surface area (Å²) in [5.74, 6) is 2.37. The van der Waals surface area contributed by atoms with Gasteiger partial charge < -0.3 is 20.6 Å². The van der Waals surface area contributed by atoms with Crippen LogP contribution in [0.15, 0.2) is 18.3 Å². The third-order valence-electron chi connectivity index (χ3n) is 6.75. The van der Waals surface area contributed by atoms with Gasteiger partial charge in [0, 0.05) is 50.3 Å². The number of fused-ring (bicyclic) bond motifs is 3. The summed E-state index contributed by atoms with van der Waals surface area (Å²) >= 11 is 0. The number of aliphatic hydroxyl groups excluding tert-OH is 1. The van der Waals surface area contributed by atoms with E-state index in [2.05, 4.69) is 47.4 Å². The van der Waals surface area contributed by atoms with Crippen molar-refractivity contribution in [3.63, 3.8) is 0 Å². The molecule has 180 valence electrons. The fourth-order valence-electron chi connectivity index (χ4n) is 5.09. The molecule has 1 aliphatic carbocycles. The summed E-state index contributed by atoms with van der Waals surface area (Å²) in [6.45, 7) is 12.2. The number of piperazine rings is 1. The van der Waals surface area contributed by atoms with Crippen molar-refractivity contribution < 1.29 is 5.11 Å². The predicted octanol–water partition coefficient (Wildman–Crippen LogP) is 3.26. The first-order valence-electron chi connectivity index (χ1n) is 12.2. The average molecular weight is 463 g/mol. The highest BCUT2D eigenvalue weighted by Crippen LogP contribution is 2.44. The quantitative estimate of drug-likeness (QED) is 0.531. The molecule has 34 heavy (non-hydrogen) atoms. The average Bonchev–Trinajstić information content (AvgIpc) is 3.18. The zero-order valence-electron chi connectivity index (χ0n) is 20.6. The van der Waals surface area contributed by atoms with Crippen LogP contribution in [0, 0.1) is 0 Å². The van der Waals surface area contributed by atoms with Crippen molar-refractivity contribution in [2.75, 3.05) is 36.4 Å². The summed E-state index contributed by atoms with van der Waals surface area (Å²) in [5.41, 5.74) is 6.35. The van der Waals surface area contributed by atoms with Gasteiger partial charge in [-0.2, -0.15) is 5.10 Å². The molecule has 2 atom stereocenters. The Kier molecular flexibility index (Phi) is 5.99. The second-order valence-corrected chi connectivity index (χ2v) is 9.73. The molecule has 0 amide bonds. The Morgan fingerprint density at radius 2 is 1.91 bits per heavy atom. The van der Waals surface area contributed by atoms with Crippen LogP contribution in [-0.2, 0) is 13.5 Å². The molecule has 3 aromatic heterocycles. The molecule has 0 bridgehead atoms. The van der Waals surface area contributed by atoms with Crippen LogP contribution < -0.4 is 15.5 Å². The molecule has 4 heterocycles. The Hall–Kier alpha value is -3.04. The molecule has 9 heteroatoms. The number of hydrogen-bond donors (Lipinski definition) is 3. The minimum Gasteiger partial charge on any atom is -0.385 e. The highest BCUT2D eigenvalue weighted by atomic mass is 16.3. The maximum absolute atomic E-state index is 10.4. The normalized spacial score (nSPS) is 18.6. The molecular formula is C25H34N8O. The van der Waals surface area contributed by atoms with E-state index in [-0.39, 0.29) is 5.92 Å². The molecule has 0 saturated carbocycles. The Balaban J connectivity index is 1.56. The van der Waals surface area contributed by atoms with Gasteiger partial charge in [0.25, 0.3) is 0 Å². The number of aryl methyl sites for hydroxylation is 1. The van der Waals surface area contributed by atoms with Crippen LogP contribution in [0.3, 0.4) is 0 Å². The largest absolute Gasteiger partial charge is 0.385 e. The number of rotatable bonds is 5. The lowest BCUT2D eigenvalue weighted by atomic mass is 9.84. The van der Waals surface area contributed by atoms with Crippen LogP contribution in [0.2, 0.25) is 0 Å². The number of aromatic nitrogens is 5. The SMILES string of the molecule is CC(C)c1c2c(nn1C)C(C)Cc1c(Nc3ccc(N4CCNCC4)cn3)nc(C(C)O)nc1-2. The van der Waals surface area contributed by atoms with E-state index in [1.165, 1.54) is 0 Å². The fraction of sp³-hybridized carbons (Fsp3) is 0.520. The Morgan fingerprint density at radius 3 is 2.56 bits per heavy atom. The molecule has 0 spiro atoms. The van der Waals surface area contributed by atoms with E-state index in [1.807, 2.05) is 24.0 Å². The molecule has 2 unspecified atom stereocenters. The molecule has 3 aromatic rings. The maximum atomic E-state index is 10.4. The van der Waals surface area contributed by atoms with Crippen LogP contribution in [-0.4, -0.2) is 56.0 Å². The second kappa shape index (κ2) is 8.96. The molecule has 0 radical (unpaired) electrons. The van der Waals surface area contributed by atoms with Gasteiger partial charge in [-0.05, 0) is 31.4 Å². The third-order valence-corrected chi connectivity index (χ3v) is 6.75. The van der Waals surface area contributed by atoms with Gasteiger partial charge in [0.1, 0.15) is 17.7 Å². The summed E-state index contributed by atoms with van der Waals surface area (Å²) in [5, 5.41) is 22.0. The molecule has 0 aromatic carbocycles. The molecule has 3 N–H and O–H groups in total. The lowest BCUT2D eigenvalue weighted by molar-refractivity contribution is 0.189. The van der Waals surface area contributed by atoms with Crippen molar-refractivity contribution >= 4 is 17.3 Å². The monoisotopic (exact) mass is 462 g/mol. The maximum Gasteiger partial charge on any atom is 0.159 e. The van der Waals surface area contributed by atoms with E-state index < -0.39 is 6.10 Å². The number of nitrogens with zero attached hydrogens (tertiary/aromatic N) is 6. The molecular weight excluding hydrogens is 428 g/mol. The zero-order chi connectivity index (χ0) is 24.0. The van der Waals surface area contributed by atoms with Gasteiger partial charge in [-0.3, -0.25) is 4.68 Å². The van der Waals surface area contributed by atoms with Crippen LogP contribution in [0.5, 0.6) is 0 Å². The number of pyridine rings is 1. The second-order valence-electron chi connectivity index (χ2n) is 9.73. The van der Waals surface area contributed by atoms with Gasteiger partial charge in [-0.25, -0.2) is 15.0 Å². The molecule has 9 nitrogen and oxygen atoms in total. The number of hydrogen-bond acceptors (Lipinski definition) is 8. The summed E-state index contributed by atoms with van der Waals surface area (Å²) < 4.78 is 1.98. The van der Waals surface area contributed by atoms with Gasteiger partial charge >= 0.3 is 0 Å². The van der Waals surface area contributed by atoms with E-state index in [9.17, 15) is 5.11 Å². The van der Waals surface area contributed by atoms with Gasteiger partial charge in [-0.1, -0.05) is 20.8 Å². The Labute approximate surface area is 200 Å². The minimum absolute atomic E-state index is 0.241. The number of nitrogens with one attached hydrogen (secondary N) is 2. The van der Waals surface area contributed by atoms with E-state index >= 15 is 0 Å². The van der Waals surface area contributed by atoms with Crippen LogP contribution in [0.4, 0.5) is 17.3 Å². The smallest absolute Gasteiger partial charge is 0.159 e. The summed E-state index contributed by atoms with van der Waals surface area (Å²) in [4.78, 5) is 16.6. The molecule has 1 aliphatic heterocycles. The van der Waals surface area contributed by atoms with Crippen LogP contribution >= 0.6 is 0 Å². The van der Waals surface area contributed by atoms with Crippen molar-refractivity contribution in [3.05, 3.63) is 41.1 Å². The van der Waals surface area contributed by atoms with Gasteiger partial charge in [-0.15, -0.1) is 0 Å². The van der Waals surface area contributed by atoms with E-state index in [1.54, 1.807) is 6.92 Å². The number of aliphatic hydroxyl groups is 1. The molecule has 5 rings (SSSR count). The Morgan fingerprint density at radius 1 is 1.15 bits per heavy atom. The van der Waals surface area contributed by atoms with Crippen molar-refractivity contribution in [2.24, 2.45) is 7.05 Å². The zero-order valence-corrected chi connectivity index (χ0v) is 20.6. The van der Waals surface area contributed by atoms with Crippen LogP contribution in [0.25, 0.3) is 11.3 Å². The predicted molar refractivity (Wildman–Crippen MR) is 134 cm³/mol. The van der Waals surface area contributed by atoms with E-state index in [0.29, 0.717) is 17.6 Å². The van der Waals surface area contributed by atoms with Crippen molar-refractivity contribution in [2.45, 2.75) is 52.1 Å². The van der Waals surface area contributed by atoms with Gasteiger partial charge in [0.05, 0.1) is 29.0 Å². The molecule has 2 aliphatic rings. The Bertz CT molecular complexity index is 1180. The first-order valence-corrected chi connectivity index (χ1v) is 12.2. The van der Waals surface area contributed by atoms with Gasteiger partial charge in [0.2, 0.25) is 0 Å². The van der Waals surface area contributed by atoms with Crippen molar-refractivity contribution in [1.82, 2.24) is 30.0 Å². The first-order chi connectivity index (χ1) is 16.3. The molecule has 1 saturated heterocycles. The van der Waals surface area contributed by atoms with Gasteiger partial charge in [0.15, 0.2) is 5.82 Å². The van der Waals surface area contributed by atoms with Crippen molar-refractivity contribution in [1.29, 1.82) is 0 Å². The standard InChI is InChI=1S/C25H34N8O/c1-14(2)23-20-21(31-32(23)5)15(3)12-18-22(20)29-24(16(4)34)30-25(18)28-19-7-6-17(13-27-19)33-10-8-26-9-11-33/h6-7,13-16,26,34H,8-12H2,1-5H3,(H,27,28,29,30).